The van der Waals surface area contributed by atoms with Crippen molar-refractivity contribution in [1.29, 1.82) is 0 Å². The zero-order chi connectivity index (χ0) is 25.6. The number of aryl methyl sites for hydroxylation is 1. The van der Waals surface area contributed by atoms with Gasteiger partial charge in [-0.15, -0.1) is 0 Å². The number of epoxide rings is 1. The molecule has 2 aliphatic rings. The molecule has 4 atom stereocenters. The van der Waals surface area contributed by atoms with Gasteiger partial charge in [0.1, 0.15) is 11.9 Å². The Kier molecular flexibility index (Phi) is 7.99. The number of fused-ring (bicyclic) bond motifs is 1. The Balaban J connectivity index is 1.09. The summed E-state index contributed by atoms with van der Waals surface area (Å²) < 4.78 is 11.3. The van der Waals surface area contributed by atoms with E-state index in [-0.39, 0.29) is 18.4 Å². The highest BCUT2D eigenvalue weighted by molar-refractivity contribution is 6.10. The van der Waals surface area contributed by atoms with Crippen molar-refractivity contribution in [2.45, 2.75) is 70.7 Å². The van der Waals surface area contributed by atoms with E-state index in [1.807, 2.05) is 24.3 Å². The number of ether oxygens (including phenoxy) is 2. The molecule has 3 unspecified atom stereocenters. The summed E-state index contributed by atoms with van der Waals surface area (Å²) in [5.74, 6) is 2.74. The summed E-state index contributed by atoms with van der Waals surface area (Å²) >= 11 is 0. The van der Waals surface area contributed by atoms with Crippen molar-refractivity contribution in [3.8, 4) is 5.88 Å². The minimum atomic E-state index is 0.0167. The van der Waals surface area contributed by atoms with Crippen LogP contribution in [-0.4, -0.2) is 41.2 Å². The van der Waals surface area contributed by atoms with Crippen LogP contribution in [0.5, 0.6) is 5.88 Å². The normalized spacial score (nSPS) is 20.8. The van der Waals surface area contributed by atoms with Crippen molar-refractivity contribution < 1.29 is 9.47 Å². The fraction of sp³-hybridized carbons (Fsp3) is 0.433. The molecule has 3 aromatic rings. The van der Waals surface area contributed by atoms with Crippen LogP contribution in [0.4, 0.5) is 17.3 Å². The lowest BCUT2D eigenvalue weighted by Crippen LogP contribution is -2.30. The van der Waals surface area contributed by atoms with Crippen LogP contribution in [0.3, 0.4) is 0 Å². The molecule has 1 aromatic carbocycles. The Labute approximate surface area is 219 Å². The quantitative estimate of drug-likeness (QED) is 0.281. The van der Waals surface area contributed by atoms with Gasteiger partial charge in [0, 0.05) is 6.20 Å². The smallest absolute Gasteiger partial charge is 0.222 e. The van der Waals surface area contributed by atoms with Crippen LogP contribution in [0.15, 0.2) is 65.8 Å². The Morgan fingerprint density at radius 2 is 1.89 bits per heavy atom. The summed E-state index contributed by atoms with van der Waals surface area (Å²) in [6.45, 7) is 4.45. The third kappa shape index (κ3) is 6.46. The van der Waals surface area contributed by atoms with Crippen LogP contribution in [0.2, 0.25) is 0 Å². The number of benzene rings is 1. The second kappa shape index (κ2) is 11.7. The summed E-state index contributed by atoms with van der Waals surface area (Å²) in [4.78, 5) is 13.9. The number of hydrogen-bond donors (Lipinski definition) is 2. The van der Waals surface area contributed by atoms with Gasteiger partial charge in [0.2, 0.25) is 5.88 Å². The number of nitrogens with zero attached hydrogens (tertiary/aromatic N) is 3. The standard InChI is InChI=1S/C30H37N5O2/c1-20(10-7-14-22-12-5-4-6-13-22)11-8-16-25-30(37-25)34-26-18-17-24-28(33-26)35-27(21(2)32-24)23-15-9-19-31-29(23)36-3/h4-6,9,12-13,15,17-21,25,30,32H,7-8,10-11,14,16H2,1-3H3,(H,33,34)/t20-,21?,25?,30?/m1/s1. The molecule has 7 nitrogen and oxygen atoms in total. The molecule has 1 fully saturated rings. The minimum Gasteiger partial charge on any atom is -0.481 e. The number of aliphatic imine (C=N–C) groups is 1. The second-order valence-corrected chi connectivity index (χ2v) is 10.1. The van der Waals surface area contributed by atoms with E-state index in [4.69, 9.17) is 19.5 Å². The lowest BCUT2D eigenvalue weighted by atomic mass is 9.96. The minimum absolute atomic E-state index is 0.0167. The van der Waals surface area contributed by atoms with Crippen molar-refractivity contribution in [3.63, 3.8) is 0 Å². The molecule has 2 aliphatic heterocycles. The first kappa shape index (κ1) is 25.2. The number of methoxy groups -OCH3 is 1. The highest BCUT2D eigenvalue weighted by Crippen LogP contribution is 2.34. The number of hydrogen-bond acceptors (Lipinski definition) is 7. The van der Waals surface area contributed by atoms with Crippen LogP contribution in [-0.2, 0) is 11.2 Å². The molecule has 5 rings (SSSR count). The maximum atomic E-state index is 5.90. The monoisotopic (exact) mass is 499 g/mol. The Morgan fingerprint density at radius 1 is 1.05 bits per heavy atom. The molecule has 0 aliphatic carbocycles. The number of pyridine rings is 2. The van der Waals surface area contributed by atoms with Gasteiger partial charge in [0.15, 0.2) is 12.0 Å². The maximum Gasteiger partial charge on any atom is 0.222 e. The predicted molar refractivity (Wildman–Crippen MR) is 149 cm³/mol. The number of anilines is 2. The van der Waals surface area contributed by atoms with E-state index in [1.54, 1.807) is 13.3 Å². The van der Waals surface area contributed by atoms with Crippen LogP contribution >= 0.6 is 0 Å². The van der Waals surface area contributed by atoms with Crippen LogP contribution in [0.25, 0.3) is 0 Å². The molecule has 194 valence electrons. The third-order valence-corrected chi connectivity index (χ3v) is 7.19. The van der Waals surface area contributed by atoms with E-state index in [9.17, 15) is 0 Å². The Morgan fingerprint density at radius 3 is 2.73 bits per heavy atom. The zero-order valence-corrected chi connectivity index (χ0v) is 22.0. The van der Waals surface area contributed by atoms with Gasteiger partial charge >= 0.3 is 0 Å². The van der Waals surface area contributed by atoms with Crippen LogP contribution < -0.4 is 15.4 Å². The van der Waals surface area contributed by atoms with Crippen molar-refractivity contribution >= 4 is 23.0 Å². The molecule has 2 aromatic heterocycles. The van der Waals surface area contributed by atoms with Gasteiger partial charge in [-0.05, 0) is 61.9 Å². The van der Waals surface area contributed by atoms with E-state index in [0.29, 0.717) is 11.7 Å². The Hall–Kier alpha value is -3.45. The Bertz CT molecular complexity index is 1220. The van der Waals surface area contributed by atoms with E-state index >= 15 is 0 Å². The predicted octanol–water partition coefficient (Wildman–Crippen LogP) is 6.39. The molecule has 0 spiro atoms. The first-order valence-electron chi connectivity index (χ1n) is 13.4. The molecule has 37 heavy (non-hydrogen) atoms. The van der Waals surface area contributed by atoms with Gasteiger partial charge in [-0.1, -0.05) is 56.5 Å². The molecule has 2 N–H and O–H groups in total. The average Bonchev–Trinajstić information content (AvgIpc) is 3.66. The SMILES string of the molecule is COc1ncccc1C1=Nc2nc(NC3OC3CCC[C@H](C)CCCc3ccccc3)ccc2NC1C. The van der Waals surface area contributed by atoms with E-state index < -0.39 is 0 Å². The van der Waals surface area contributed by atoms with Crippen molar-refractivity contribution in [2.24, 2.45) is 10.9 Å². The molecule has 0 radical (unpaired) electrons. The number of nitrogens with one attached hydrogen (secondary N) is 2. The second-order valence-electron chi connectivity index (χ2n) is 10.1. The van der Waals surface area contributed by atoms with Gasteiger partial charge in [0.05, 0.1) is 30.1 Å². The largest absolute Gasteiger partial charge is 0.481 e. The average molecular weight is 500 g/mol. The first-order chi connectivity index (χ1) is 18.1. The lowest BCUT2D eigenvalue weighted by molar-refractivity contribution is 0.358. The zero-order valence-electron chi connectivity index (χ0n) is 22.0. The molecular formula is C30H37N5O2. The van der Waals surface area contributed by atoms with Gasteiger partial charge in [0.25, 0.3) is 0 Å². The van der Waals surface area contributed by atoms with Crippen molar-refractivity contribution in [1.82, 2.24) is 9.97 Å². The van der Waals surface area contributed by atoms with Crippen molar-refractivity contribution in [3.05, 3.63) is 71.9 Å². The van der Waals surface area contributed by atoms with Gasteiger partial charge in [-0.2, -0.15) is 0 Å². The van der Waals surface area contributed by atoms with E-state index in [1.165, 1.54) is 37.7 Å². The fourth-order valence-corrected chi connectivity index (χ4v) is 5.03. The fourth-order valence-electron chi connectivity index (χ4n) is 5.03. The summed E-state index contributed by atoms with van der Waals surface area (Å²) in [6, 6.07) is 18.7. The van der Waals surface area contributed by atoms with E-state index in [2.05, 4.69) is 59.8 Å². The summed E-state index contributed by atoms with van der Waals surface area (Å²) in [5, 5.41) is 6.92. The molecule has 0 saturated carbocycles. The summed E-state index contributed by atoms with van der Waals surface area (Å²) in [6.07, 6.45) is 9.22. The topological polar surface area (TPSA) is 84.0 Å². The maximum absolute atomic E-state index is 5.90. The van der Waals surface area contributed by atoms with Gasteiger partial charge < -0.3 is 20.1 Å². The van der Waals surface area contributed by atoms with Gasteiger partial charge in [-0.3, -0.25) is 0 Å². The highest BCUT2D eigenvalue weighted by Gasteiger charge is 2.38. The molecular weight excluding hydrogens is 462 g/mol. The number of aromatic nitrogens is 2. The van der Waals surface area contributed by atoms with Crippen molar-refractivity contribution in [2.75, 3.05) is 17.7 Å². The van der Waals surface area contributed by atoms with E-state index in [0.717, 1.165) is 35.1 Å². The molecule has 0 amide bonds. The molecule has 0 bridgehead atoms. The number of rotatable bonds is 12. The highest BCUT2D eigenvalue weighted by atomic mass is 16.6. The lowest BCUT2D eigenvalue weighted by Gasteiger charge is -2.24. The van der Waals surface area contributed by atoms with Crippen LogP contribution in [0, 0.1) is 5.92 Å². The third-order valence-electron chi connectivity index (χ3n) is 7.19. The van der Waals surface area contributed by atoms with Gasteiger partial charge in [-0.25, -0.2) is 15.0 Å². The summed E-state index contributed by atoms with van der Waals surface area (Å²) in [7, 11) is 1.63. The molecule has 4 heterocycles. The van der Waals surface area contributed by atoms with Crippen LogP contribution in [0.1, 0.15) is 57.1 Å². The molecule has 7 heteroatoms. The first-order valence-corrected chi connectivity index (χ1v) is 13.4. The molecule has 1 saturated heterocycles. The summed E-state index contributed by atoms with van der Waals surface area (Å²) in [5.41, 5.74) is 4.09.